The van der Waals surface area contributed by atoms with Crippen LogP contribution in [0.15, 0.2) is 273 Å². The van der Waals surface area contributed by atoms with E-state index in [4.69, 9.17) is 0 Å². The van der Waals surface area contributed by atoms with Gasteiger partial charge in [0.15, 0.2) is 0 Å². The van der Waals surface area contributed by atoms with Crippen molar-refractivity contribution in [2.75, 3.05) is 4.90 Å². The molecule has 0 N–H and O–H groups in total. The molecule has 71 heavy (non-hydrogen) atoms. The molecule has 3 nitrogen and oxygen atoms in total. The Morgan fingerprint density at radius 1 is 0.239 bits per heavy atom. The molecule has 0 unspecified atom stereocenters. The van der Waals surface area contributed by atoms with Crippen molar-refractivity contribution in [2.45, 2.75) is 0 Å². The zero-order valence-electron chi connectivity index (χ0n) is 38.8. The van der Waals surface area contributed by atoms with Crippen LogP contribution in [0.25, 0.3) is 110 Å². The zero-order chi connectivity index (χ0) is 46.8. The first-order chi connectivity index (χ1) is 35.2. The van der Waals surface area contributed by atoms with Gasteiger partial charge in [-0.3, -0.25) is 0 Å². The summed E-state index contributed by atoms with van der Waals surface area (Å²) < 4.78 is 4.77. The fraction of sp³-hybridized carbons (Fsp3) is 0. The van der Waals surface area contributed by atoms with E-state index in [9.17, 15) is 0 Å². The molecule has 2 heterocycles. The molecule has 332 valence electrons. The van der Waals surface area contributed by atoms with Gasteiger partial charge in [-0.25, -0.2) is 0 Å². The summed E-state index contributed by atoms with van der Waals surface area (Å²) in [4.78, 5) is 2.45. The summed E-state index contributed by atoms with van der Waals surface area (Å²) in [5.41, 5.74) is 17.6. The average molecular weight is 904 g/mol. The number of anilines is 3. The van der Waals surface area contributed by atoms with Crippen molar-refractivity contribution in [1.82, 2.24) is 9.13 Å². The molecule has 0 fully saturated rings. The van der Waals surface area contributed by atoms with Crippen LogP contribution in [0.1, 0.15) is 0 Å². The Morgan fingerprint density at radius 2 is 0.704 bits per heavy atom. The Labute approximate surface area is 412 Å². The minimum absolute atomic E-state index is 1.09. The lowest BCUT2D eigenvalue weighted by molar-refractivity contribution is 1.18. The second kappa shape index (κ2) is 16.7. The Morgan fingerprint density at radius 3 is 1.39 bits per heavy atom. The first kappa shape index (κ1) is 40.6. The van der Waals surface area contributed by atoms with Gasteiger partial charge in [0.1, 0.15) is 0 Å². The number of hydrogen-bond donors (Lipinski definition) is 0. The van der Waals surface area contributed by atoms with Gasteiger partial charge >= 0.3 is 0 Å². The maximum atomic E-state index is 2.45. The third-order valence-corrected chi connectivity index (χ3v) is 14.5. The van der Waals surface area contributed by atoms with Crippen LogP contribution in [0, 0.1) is 0 Å². The molecule has 0 aliphatic rings. The molecule has 0 aliphatic carbocycles. The van der Waals surface area contributed by atoms with Crippen molar-refractivity contribution in [2.24, 2.45) is 0 Å². The van der Waals surface area contributed by atoms with Crippen LogP contribution in [0.5, 0.6) is 0 Å². The molecule has 0 aliphatic heterocycles. The predicted molar refractivity (Wildman–Crippen MR) is 301 cm³/mol. The van der Waals surface area contributed by atoms with Crippen molar-refractivity contribution >= 4 is 82.2 Å². The summed E-state index contributed by atoms with van der Waals surface area (Å²) in [6, 6.07) is 99.7. The smallest absolute Gasteiger partial charge is 0.0547 e. The van der Waals surface area contributed by atoms with Crippen LogP contribution in [-0.4, -0.2) is 9.13 Å². The van der Waals surface area contributed by atoms with Gasteiger partial charge in [0.2, 0.25) is 0 Å². The van der Waals surface area contributed by atoms with Gasteiger partial charge in [0.05, 0.1) is 33.4 Å². The number of benzene rings is 12. The molecule has 0 amide bonds. The zero-order valence-corrected chi connectivity index (χ0v) is 38.8. The molecular weight excluding hydrogens is 859 g/mol. The molecule has 12 aromatic carbocycles. The lowest BCUT2D eigenvalue weighted by Crippen LogP contribution is -2.11. The SMILES string of the molecule is c1ccc(-n2c3ccccc3c3cc(-c4ccc(-c5ccc(N(c6cccc7ccccc67)c6ccc(-c7ccc8c9ccccc9n(-c9ccccc9)c8c7)c7ccccc67)cc5)cc4)ccc32)cc1. The maximum Gasteiger partial charge on any atom is 0.0547 e. The normalized spacial score (nSPS) is 11.7. The highest BCUT2D eigenvalue weighted by Gasteiger charge is 2.21. The summed E-state index contributed by atoms with van der Waals surface area (Å²) in [6.07, 6.45) is 0. The molecule has 0 bridgehead atoms. The van der Waals surface area contributed by atoms with Gasteiger partial charge < -0.3 is 14.0 Å². The molecule has 0 saturated heterocycles. The van der Waals surface area contributed by atoms with Gasteiger partial charge in [-0.2, -0.15) is 0 Å². The van der Waals surface area contributed by atoms with E-state index in [2.05, 4.69) is 287 Å². The monoisotopic (exact) mass is 903 g/mol. The van der Waals surface area contributed by atoms with Crippen LogP contribution in [0.2, 0.25) is 0 Å². The van der Waals surface area contributed by atoms with E-state index in [-0.39, 0.29) is 0 Å². The predicted octanol–water partition coefficient (Wildman–Crippen LogP) is 18.7. The van der Waals surface area contributed by atoms with Gasteiger partial charge in [-0.15, -0.1) is 0 Å². The van der Waals surface area contributed by atoms with Crippen molar-refractivity contribution in [3.05, 3.63) is 273 Å². The van der Waals surface area contributed by atoms with E-state index in [0.29, 0.717) is 0 Å². The van der Waals surface area contributed by atoms with Gasteiger partial charge in [0.25, 0.3) is 0 Å². The van der Waals surface area contributed by atoms with Gasteiger partial charge in [-0.05, 0) is 123 Å². The third kappa shape index (κ3) is 6.74. The van der Waals surface area contributed by atoms with Crippen LogP contribution in [0.3, 0.4) is 0 Å². The Kier molecular flexibility index (Phi) is 9.53. The van der Waals surface area contributed by atoms with E-state index >= 15 is 0 Å². The molecule has 0 saturated carbocycles. The van der Waals surface area contributed by atoms with E-state index in [0.717, 1.165) is 22.7 Å². The summed E-state index contributed by atoms with van der Waals surface area (Å²) >= 11 is 0. The molecule has 0 atom stereocenters. The quantitative estimate of drug-likeness (QED) is 0.148. The highest BCUT2D eigenvalue weighted by atomic mass is 15.1. The van der Waals surface area contributed by atoms with E-state index < -0.39 is 0 Å². The van der Waals surface area contributed by atoms with Crippen molar-refractivity contribution in [3.8, 4) is 44.8 Å². The number of fused-ring (bicyclic) bond motifs is 8. The standard InChI is InChI=1S/C68H45N3/c1-3-18-52(19-4-1)69-65-28-14-12-26-60(65)62-44-50(37-42-67(62)69)48-32-30-46(31-33-48)47-34-38-54(39-35-47)70(63-29-15-17-49-16-7-8-22-56(49)63)66-43-41-55(57-23-9-10-24-58(57)66)51-36-40-61-59-25-11-13-27-64(59)71(68(61)45-51)53-20-5-2-6-21-53/h1-45H. The fourth-order valence-corrected chi connectivity index (χ4v) is 11.2. The molecule has 0 radical (unpaired) electrons. The summed E-state index contributed by atoms with van der Waals surface area (Å²) in [7, 11) is 0. The second-order valence-corrected chi connectivity index (χ2v) is 18.5. The van der Waals surface area contributed by atoms with Crippen molar-refractivity contribution in [3.63, 3.8) is 0 Å². The Hall–Kier alpha value is -9.44. The third-order valence-electron chi connectivity index (χ3n) is 14.5. The highest BCUT2D eigenvalue weighted by molar-refractivity contribution is 6.13. The summed E-state index contributed by atoms with van der Waals surface area (Å²) in [5, 5.41) is 9.80. The highest BCUT2D eigenvalue weighted by Crippen LogP contribution is 2.46. The fourth-order valence-electron chi connectivity index (χ4n) is 11.2. The van der Waals surface area contributed by atoms with Crippen molar-refractivity contribution in [1.29, 1.82) is 0 Å². The first-order valence-corrected chi connectivity index (χ1v) is 24.4. The Balaban J connectivity index is 0.849. The van der Waals surface area contributed by atoms with Gasteiger partial charge in [0, 0.05) is 49.4 Å². The Bertz CT molecular complexity index is 4310. The van der Waals surface area contributed by atoms with Gasteiger partial charge in [-0.1, -0.05) is 194 Å². The maximum absolute atomic E-state index is 2.45. The van der Waals surface area contributed by atoms with E-state index in [1.165, 1.54) is 104 Å². The molecule has 0 spiro atoms. The number of rotatable bonds is 8. The molecule has 2 aromatic heterocycles. The topological polar surface area (TPSA) is 13.1 Å². The van der Waals surface area contributed by atoms with Crippen LogP contribution in [-0.2, 0) is 0 Å². The molecule has 14 aromatic rings. The van der Waals surface area contributed by atoms with Crippen LogP contribution >= 0.6 is 0 Å². The number of aromatic nitrogens is 2. The molecule has 14 rings (SSSR count). The molecular formula is C68H45N3. The van der Waals surface area contributed by atoms with Crippen LogP contribution < -0.4 is 4.90 Å². The second-order valence-electron chi connectivity index (χ2n) is 18.5. The number of nitrogens with zero attached hydrogens (tertiary/aromatic N) is 3. The van der Waals surface area contributed by atoms with Crippen LogP contribution in [0.4, 0.5) is 17.1 Å². The minimum Gasteiger partial charge on any atom is -0.309 e. The van der Waals surface area contributed by atoms with Crippen molar-refractivity contribution < 1.29 is 0 Å². The molecule has 3 heteroatoms. The lowest BCUT2D eigenvalue weighted by Gasteiger charge is -2.29. The minimum atomic E-state index is 1.09. The lowest BCUT2D eigenvalue weighted by atomic mass is 9.95. The van der Waals surface area contributed by atoms with E-state index in [1.54, 1.807) is 0 Å². The average Bonchev–Trinajstić information content (AvgIpc) is 3.96. The first-order valence-electron chi connectivity index (χ1n) is 24.4. The number of para-hydroxylation sites is 4. The number of hydrogen-bond acceptors (Lipinski definition) is 1. The van der Waals surface area contributed by atoms with E-state index in [1.807, 2.05) is 0 Å². The largest absolute Gasteiger partial charge is 0.309 e. The summed E-state index contributed by atoms with van der Waals surface area (Å²) in [5.74, 6) is 0. The summed E-state index contributed by atoms with van der Waals surface area (Å²) in [6.45, 7) is 0.